The van der Waals surface area contributed by atoms with Crippen LogP contribution in [0.3, 0.4) is 0 Å². The Hall–Kier alpha value is -0.920. The van der Waals surface area contributed by atoms with Crippen molar-refractivity contribution in [1.82, 2.24) is 0 Å². The van der Waals surface area contributed by atoms with Crippen LogP contribution < -0.4 is 11.1 Å². The van der Waals surface area contributed by atoms with Crippen LogP contribution in [0.5, 0.6) is 0 Å². The van der Waals surface area contributed by atoms with Crippen LogP contribution in [0.4, 0.5) is 18.9 Å². The van der Waals surface area contributed by atoms with E-state index in [0.29, 0.717) is 0 Å². The molecule has 0 heterocycles. The zero-order valence-electron chi connectivity index (χ0n) is 10.9. The molecule has 0 spiro atoms. The summed E-state index contributed by atoms with van der Waals surface area (Å²) in [6.07, 6.45) is 0. The maximum atomic E-state index is 12.4. The summed E-state index contributed by atoms with van der Waals surface area (Å²) < 4.78 is 37.1. The largest absolute Gasteiger partial charge is 0.446 e. The zero-order valence-corrected chi connectivity index (χ0v) is 12.5. The molecule has 1 aromatic rings. The third kappa shape index (κ3) is 6.02. The van der Waals surface area contributed by atoms with E-state index >= 15 is 0 Å². The SMILES string of the molecule is CC(N)C(C)C(=O)Nc1ccccc1SC(F)(F)F.Cl. The predicted octanol–water partition coefficient (Wildman–Crippen LogP) is 3.64. The van der Waals surface area contributed by atoms with E-state index in [4.69, 9.17) is 5.73 Å². The van der Waals surface area contributed by atoms with Gasteiger partial charge in [0.1, 0.15) is 0 Å². The number of carbonyl (C=O) groups excluding carboxylic acids is 1. The van der Waals surface area contributed by atoms with E-state index < -0.39 is 17.3 Å². The van der Waals surface area contributed by atoms with Crippen LogP contribution in [0, 0.1) is 5.92 Å². The van der Waals surface area contributed by atoms with Gasteiger partial charge in [-0.1, -0.05) is 19.1 Å². The normalized spacial score (nSPS) is 14.1. The van der Waals surface area contributed by atoms with Crippen molar-refractivity contribution >= 4 is 35.8 Å². The number of carbonyl (C=O) groups is 1. The first kappa shape index (κ1) is 19.1. The molecule has 0 saturated heterocycles. The molecule has 0 bridgehead atoms. The number of hydrogen-bond acceptors (Lipinski definition) is 3. The number of amides is 1. The minimum Gasteiger partial charge on any atom is -0.327 e. The standard InChI is InChI=1S/C12H15F3N2OS.ClH/c1-7(8(2)16)11(18)17-9-5-3-4-6-10(9)19-12(13,14)15;/h3-8H,16H2,1-2H3,(H,17,18);1H. The van der Waals surface area contributed by atoms with Gasteiger partial charge in [-0.25, -0.2) is 0 Å². The Morgan fingerprint density at radius 3 is 2.35 bits per heavy atom. The van der Waals surface area contributed by atoms with Crippen molar-refractivity contribution in [3.63, 3.8) is 0 Å². The summed E-state index contributed by atoms with van der Waals surface area (Å²) in [7, 11) is 0. The van der Waals surface area contributed by atoms with Crippen molar-refractivity contribution in [3.8, 4) is 0 Å². The molecule has 0 aliphatic heterocycles. The van der Waals surface area contributed by atoms with Crippen molar-refractivity contribution in [2.45, 2.75) is 30.3 Å². The molecule has 1 rings (SSSR count). The van der Waals surface area contributed by atoms with Crippen LogP contribution in [0.15, 0.2) is 29.2 Å². The number of benzene rings is 1. The first-order valence-electron chi connectivity index (χ1n) is 5.62. The number of halogens is 4. The highest BCUT2D eigenvalue weighted by Crippen LogP contribution is 2.40. The van der Waals surface area contributed by atoms with E-state index in [1.165, 1.54) is 18.2 Å². The summed E-state index contributed by atoms with van der Waals surface area (Å²) in [5.41, 5.74) is 1.33. The molecule has 0 radical (unpaired) electrons. The number of alkyl halides is 3. The second-order valence-corrected chi connectivity index (χ2v) is 5.29. The predicted molar refractivity (Wildman–Crippen MR) is 77.0 cm³/mol. The lowest BCUT2D eigenvalue weighted by Crippen LogP contribution is -2.34. The van der Waals surface area contributed by atoms with Crippen LogP contribution in [0.1, 0.15) is 13.8 Å². The highest BCUT2D eigenvalue weighted by atomic mass is 35.5. The van der Waals surface area contributed by atoms with Crippen molar-refractivity contribution in [2.75, 3.05) is 5.32 Å². The monoisotopic (exact) mass is 328 g/mol. The number of nitrogens with two attached hydrogens (primary N) is 1. The number of nitrogens with one attached hydrogen (secondary N) is 1. The third-order valence-corrected chi connectivity index (χ3v) is 3.38. The lowest BCUT2D eigenvalue weighted by Gasteiger charge is -2.17. The van der Waals surface area contributed by atoms with Gasteiger partial charge in [-0.2, -0.15) is 13.2 Å². The number of rotatable bonds is 4. The molecule has 3 nitrogen and oxygen atoms in total. The molecular formula is C12H16ClF3N2OS. The fourth-order valence-corrected chi connectivity index (χ4v) is 1.89. The summed E-state index contributed by atoms with van der Waals surface area (Å²) in [6.45, 7) is 3.29. The van der Waals surface area contributed by atoms with Gasteiger partial charge in [0.2, 0.25) is 5.91 Å². The molecule has 0 aliphatic carbocycles. The lowest BCUT2D eigenvalue weighted by molar-refractivity contribution is -0.119. The molecule has 8 heteroatoms. The van der Waals surface area contributed by atoms with Gasteiger partial charge in [0.25, 0.3) is 0 Å². The molecule has 2 unspecified atom stereocenters. The van der Waals surface area contributed by atoms with Crippen molar-refractivity contribution in [1.29, 1.82) is 0 Å². The summed E-state index contributed by atoms with van der Waals surface area (Å²) in [4.78, 5) is 11.7. The van der Waals surface area contributed by atoms with E-state index in [-0.39, 0.29) is 40.8 Å². The number of thioether (sulfide) groups is 1. The molecule has 20 heavy (non-hydrogen) atoms. The minimum atomic E-state index is -4.40. The molecule has 114 valence electrons. The van der Waals surface area contributed by atoms with Crippen molar-refractivity contribution in [2.24, 2.45) is 11.7 Å². The van der Waals surface area contributed by atoms with Crippen molar-refractivity contribution in [3.05, 3.63) is 24.3 Å². The molecule has 0 fully saturated rings. The minimum absolute atomic E-state index is 0. The summed E-state index contributed by atoms with van der Waals surface area (Å²) in [5, 5.41) is 2.47. The Bertz CT molecular complexity index is 455. The van der Waals surface area contributed by atoms with Crippen LogP contribution in [0.25, 0.3) is 0 Å². The topological polar surface area (TPSA) is 55.1 Å². The van der Waals surface area contributed by atoms with Gasteiger partial charge < -0.3 is 11.1 Å². The van der Waals surface area contributed by atoms with Gasteiger partial charge >= 0.3 is 5.51 Å². The molecule has 0 aromatic heterocycles. The first-order valence-corrected chi connectivity index (χ1v) is 6.43. The van der Waals surface area contributed by atoms with E-state index in [1.54, 1.807) is 19.9 Å². The van der Waals surface area contributed by atoms with Crippen LogP contribution >= 0.6 is 24.2 Å². The third-order valence-electron chi connectivity index (χ3n) is 2.57. The summed E-state index contributed by atoms with van der Waals surface area (Å²) in [5.74, 6) is -0.880. The summed E-state index contributed by atoms with van der Waals surface area (Å²) >= 11 is -0.257. The van der Waals surface area contributed by atoms with E-state index in [1.807, 2.05) is 0 Å². The van der Waals surface area contributed by atoms with Gasteiger partial charge in [-0.3, -0.25) is 4.79 Å². The molecule has 0 saturated carbocycles. The Morgan fingerprint density at radius 2 is 1.85 bits per heavy atom. The van der Waals surface area contributed by atoms with Crippen LogP contribution in [-0.4, -0.2) is 17.5 Å². The molecule has 2 atom stereocenters. The smallest absolute Gasteiger partial charge is 0.327 e. The average Bonchev–Trinajstić information content (AvgIpc) is 2.28. The van der Waals surface area contributed by atoms with Gasteiger partial charge in [-0.05, 0) is 30.8 Å². The van der Waals surface area contributed by atoms with E-state index in [0.717, 1.165) is 0 Å². The van der Waals surface area contributed by atoms with Crippen LogP contribution in [0.2, 0.25) is 0 Å². The molecule has 0 aliphatic rings. The molecule has 1 aromatic carbocycles. The molecular weight excluding hydrogens is 313 g/mol. The fourth-order valence-electron chi connectivity index (χ4n) is 1.27. The van der Waals surface area contributed by atoms with Gasteiger partial charge in [-0.15, -0.1) is 12.4 Å². The quantitative estimate of drug-likeness (QED) is 0.830. The van der Waals surface area contributed by atoms with Gasteiger partial charge in [0.05, 0.1) is 11.6 Å². The van der Waals surface area contributed by atoms with E-state index in [9.17, 15) is 18.0 Å². The lowest BCUT2D eigenvalue weighted by atomic mass is 10.0. The first-order chi connectivity index (χ1) is 8.70. The van der Waals surface area contributed by atoms with Gasteiger partial charge in [0, 0.05) is 10.9 Å². The second kappa shape index (κ2) is 7.75. The number of hydrogen-bond donors (Lipinski definition) is 2. The fraction of sp³-hybridized carbons (Fsp3) is 0.417. The number of anilines is 1. The molecule has 1 amide bonds. The van der Waals surface area contributed by atoms with E-state index in [2.05, 4.69) is 5.32 Å². The summed E-state index contributed by atoms with van der Waals surface area (Å²) in [6, 6.07) is 5.41. The van der Waals surface area contributed by atoms with Gasteiger partial charge in [0.15, 0.2) is 0 Å². The highest BCUT2D eigenvalue weighted by molar-refractivity contribution is 8.00. The highest BCUT2D eigenvalue weighted by Gasteiger charge is 2.30. The molecule has 3 N–H and O–H groups in total. The maximum Gasteiger partial charge on any atom is 0.446 e. The second-order valence-electron chi connectivity index (χ2n) is 4.18. The Labute approximate surface area is 125 Å². The maximum absolute atomic E-state index is 12.4. The van der Waals surface area contributed by atoms with Crippen LogP contribution in [-0.2, 0) is 4.79 Å². The average molecular weight is 329 g/mol. The zero-order chi connectivity index (χ0) is 14.6. The Balaban J connectivity index is 0.00000361. The van der Waals surface area contributed by atoms with Crippen molar-refractivity contribution < 1.29 is 18.0 Å². The Morgan fingerprint density at radius 1 is 1.30 bits per heavy atom. The number of para-hydroxylation sites is 1. The Kier molecular flexibility index (Phi) is 7.40.